The van der Waals surface area contributed by atoms with Crippen LogP contribution in [0.2, 0.25) is 0 Å². The smallest absolute Gasteiger partial charge is 0.258 e. The van der Waals surface area contributed by atoms with Crippen molar-refractivity contribution >= 4 is 5.91 Å². The van der Waals surface area contributed by atoms with Gasteiger partial charge < -0.3 is 20.5 Å². The molecule has 0 aliphatic carbocycles. The molecule has 0 bridgehead atoms. The van der Waals surface area contributed by atoms with Gasteiger partial charge in [0.05, 0.1) is 7.11 Å². The van der Waals surface area contributed by atoms with E-state index < -0.39 is 0 Å². The number of amides is 1. The highest BCUT2D eigenvalue weighted by Crippen LogP contribution is 2.24. The van der Waals surface area contributed by atoms with Gasteiger partial charge in [-0.25, -0.2) is 0 Å². The highest BCUT2D eigenvalue weighted by Gasteiger charge is 2.11. The van der Waals surface area contributed by atoms with E-state index in [0.717, 1.165) is 24.2 Å². The number of carbonyl (C=O) groups excluding carboxylic acids is 1. The maximum atomic E-state index is 11.9. The molecule has 0 fully saturated rings. The molecule has 0 radical (unpaired) electrons. The number of carbonyl (C=O) groups is 1. The maximum absolute atomic E-state index is 11.9. The van der Waals surface area contributed by atoms with Crippen molar-refractivity contribution in [1.29, 1.82) is 0 Å². The monoisotopic (exact) mass is 294 g/mol. The molecule has 0 saturated carbocycles. The van der Waals surface area contributed by atoms with Crippen LogP contribution in [0.4, 0.5) is 0 Å². The van der Waals surface area contributed by atoms with Gasteiger partial charge >= 0.3 is 0 Å². The van der Waals surface area contributed by atoms with Crippen molar-refractivity contribution in [3.05, 3.63) is 23.8 Å². The Bertz CT molecular complexity index is 445. The first-order valence-electron chi connectivity index (χ1n) is 7.43. The second kappa shape index (κ2) is 9.23. The minimum Gasteiger partial charge on any atom is -0.497 e. The third-order valence-corrected chi connectivity index (χ3v) is 3.39. The van der Waals surface area contributed by atoms with Gasteiger partial charge in [0.25, 0.3) is 5.91 Å². The zero-order chi connectivity index (χ0) is 15.7. The summed E-state index contributed by atoms with van der Waals surface area (Å²) < 4.78 is 10.8. The molecular formula is C16H26N2O3. The summed E-state index contributed by atoms with van der Waals surface area (Å²) in [6, 6.07) is 5.73. The Morgan fingerprint density at radius 1 is 1.33 bits per heavy atom. The summed E-state index contributed by atoms with van der Waals surface area (Å²) in [6.07, 6.45) is 2.52. The molecule has 118 valence electrons. The van der Waals surface area contributed by atoms with Crippen molar-refractivity contribution in [2.45, 2.75) is 39.2 Å². The fourth-order valence-electron chi connectivity index (χ4n) is 2.08. The largest absolute Gasteiger partial charge is 0.497 e. The van der Waals surface area contributed by atoms with E-state index in [-0.39, 0.29) is 18.6 Å². The minimum absolute atomic E-state index is 0.0143. The predicted molar refractivity (Wildman–Crippen MR) is 83.8 cm³/mol. The van der Waals surface area contributed by atoms with Crippen LogP contribution >= 0.6 is 0 Å². The zero-order valence-electron chi connectivity index (χ0n) is 13.1. The van der Waals surface area contributed by atoms with Crippen molar-refractivity contribution in [3.8, 4) is 11.5 Å². The number of ether oxygens (including phenoxy) is 2. The van der Waals surface area contributed by atoms with Crippen molar-refractivity contribution in [1.82, 2.24) is 5.32 Å². The Labute approximate surface area is 126 Å². The fraction of sp³-hybridized carbons (Fsp3) is 0.562. The molecule has 0 atom stereocenters. The second-order valence-electron chi connectivity index (χ2n) is 4.88. The van der Waals surface area contributed by atoms with Crippen LogP contribution in [0.5, 0.6) is 11.5 Å². The maximum Gasteiger partial charge on any atom is 0.258 e. The molecule has 0 aromatic heterocycles. The Balaban J connectivity index is 2.63. The van der Waals surface area contributed by atoms with E-state index in [1.807, 2.05) is 18.2 Å². The van der Waals surface area contributed by atoms with Crippen molar-refractivity contribution in [2.24, 2.45) is 5.73 Å². The summed E-state index contributed by atoms with van der Waals surface area (Å²) in [5.41, 5.74) is 6.55. The summed E-state index contributed by atoms with van der Waals surface area (Å²) >= 11 is 0. The Morgan fingerprint density at radius 2 is 2.05 bits per heavy atom. The highest BCUT2D eigenvalue weighted by atomic mass is 16.5. The Hall–Kier alpha value is -1.75. The van der Waals surface area contributed by atoms with Crippen LogP contribution in [-0.2, 0) is 11.2 Å². The normalized spacial score (nSPS) is 10.5. The quantitative estimate of drug-likeness (QED) is 0.729. The van der Waals surface area contributed by atoms with Crippen molar-refractivity contribution < 1.29 is 14.3 Å². The molecule has 1 amide bonds. The fourth-order valence-corrected chi connectivity index (χ4v) is 2.08. The minimum atomic E-state index is -0.0989. The highest BCUT2D eigenvalue weighted by molar-refractivity contribution is 5.77. The van der Waals surface area contributed by atoms with Gasteiger partial charge in [0.1, 0.15) is 11.5 Å². The van der Waals surface area contributed by atoms with Gasteiger partial charge in [-0.1, -0.05) is 13.8 Å². The third kappa shape index (κ3) is 5.63. The molecule has 1 aromatic rings. The molecule has 0 saturated heterocycles. The number of nitrogens with one attached hydrogen (secondary N) is 1. The molecule has 1 aromatic carbocycles. The lowest BCUT2D eigenvalue weighted by Crippen LogP contribution is -2.37. The Kier molecular flexibility index (Phi) is 7.61. The second-order valence-corrected chi connectivity index (χ2v) is 4.88. The summed E-state index contributed by atoms with van der Waals surface area (Å²) in [6.45, 7) is 4.64. The SMILES string of the molecule is CCC(CC)NC(=O)COc1ccc(OC)cc1CCN. The zero-order valence-corrected chi connectivity index (χ0v) is 13.1. The van der Waals surface area contributed by atoms with Gasteiger partial charge in [-0.05, 0) is 49.6 Å². The predicted octanol–water partition coefficient (Wildman–Crippen LogP) is 1.88. The lowest BCUT2D eigenvalue weighted by atomic mass is 10.1. The molecule has 0 aliphatic rings. The van der Waals surface area contributed by atoms with E-state index in [0.29, 0.717) is 18.7 Å². The number of rotatable bonds is 9. The number of hydrogen-bond acceptors (Lipinski definition) is 4. The average Bonchev–Trinajstić information content (AvgIpc) is 2.51. The first-order chi connectivity index (χ1) is 10.1. The number of methoxy groups -OCH3 is 1. The van der Waals surface area contributed by atoms with Crippen LogP contribution in [0, 0.1) is 0 Å². The van der Waals surface area contributed by atoms with Crippen LogP contribution in [0.15, 0.2) is 18.2 Å². The molecule has 0 spiro atoms. The van der Waals surface area contributed by atoms with Gasteiger partial charge in [0, 0.05) is 6.04 Å². The molecule has 21 heavy (non-hydrogen) atoms. The van der Waals surface area contributed by atoms with E-state index in [1.165, 1.54) is 0 Å². The van der Waals surface area contributed by atoms with Gasteiger partial charge in [0.15, 0.2) is 6.61 Å². The number of benzene rings is 1. The lowest BCUT2D eigenvalue weighted by Gasteiger charge is -2.16. The number of nitrogens with two attached hydrogens (primary N) is 1. The Morgan fingerprint density at radius 3 is 2.62 bits per heavy atom. The van der Waals surface area contributed by atoms with E-state index in [9.17, 15) is 4.79 Å². The molecule has 0 unspecified atom stereocenters. The topological polar surface area (TPSA) is 73.6 Å². The van der Waals surface area contributed by atoms with Gasteiger partial charge in [0.2, 0.25) is 0 Å². The molecular weight excluding hydrogens is 268 g/mol. The van der Waals surface area contributed by atoms with Gasteiger partial charge in [-0.2, -0.15) is 0 Å². The molecule has 5 nitrogen and oxygen atoms in total. The summed E-state index contributed by atoms with van der Waals surface area (Å²) in [5.74, 6) is 1.34. The molecule has 1 rings (SSSR count). The van der Waals surface area contributed by atoms with Crippen LogP contribution in [0.3, 0.4) is 0 Å². The molecule has 5 heteroatoms. The van der Waals surface area contributed by atoms with Crippen LogP contribution in [-0.4, -0.2) is 32.2 Å². The summed E-state index contributed by atoms with van der Waals surface area (Å²) in [7, 11) is 1.62. The number of hydrogen-bond donors (Lipinski definition) is 2. The van der Waals surface area contributed by atoms with E-state index >= 15 is 0 Å². The first-order valence-corrected chi connectivity index (χ1v) is 7.43. The summed E-state index contributed by atoms with van der Waals surface area (Å²) in [4.78, 5) is 11.9. The molecule has 3 N–H and O–H groups in total. The van der Waals surface area contributed by atoms with E-state index in [2.05, 4.69) is 19.2 Å². The third-order valence-electron chi connectivity index (χ3n) is 3.39. The average molecular weight is 294 g/mol. The van der Waals surface area contributed by atoms with Crippen LogP contribution in [0.25, 0.3) is 0 Å². The van der Waals surface area contributed by atoms with Gasteiger partial charge in [-0.15, -0.1) is 0 Å². The molecule has 0 aliphatic heterocycles. The lowest BCUT2D eigenvalue weighted by molar-refractivity contribution is -0.123. The van der Waals surface area contributed by atoms with Crippen LogP contribution < -0.4 is 20.5 Å². The van der Waals surface area contributed by atoms with Crippen LogP contribution in [0.1, 0.15) is 32.3 Å². The first kappa shape index (κ1) is 17.3. The van der Waals surface area contributed by atoms with Crippen molar-refractivity contribution in [2.75, 3.05) is 20.3 Å². The molecule has 0 heterocycles. The standard InChI is InChI=1S/C16H26N2O3/c1-4-13(5-2)18-16(19)11-21-15-7-6-14(20-3)10-12(15)8-9-17/h6-7,10,13H,4-5,8-9,11,17H2,1-3H3,(H,18,19). The van der Waals surface area contributed by atoms with E-state index in [4.69, 9.17) is 15.2 Å². The van der Waals surface area contributed by atoms with Crippen molar-refractivity contribution in [3.63, 3.8) is 0 Å². The summed E-state index contributed by atoms with van der Waals surface area (Å²) in [5, 5.41) is 2.95. The van der Waals surface area contributed by atoms with Gasteiger partial charge in [-0.3, -0.25) is 4.79 Å². The van der Waals surface area contributed by atoms with E-state index in [1.54, 1.807) is 7.11 Å².